The van der Waals surface area contributed by atoms with Crippen LogP contribution in [0.1, 0.15) is 51.4 Å². The van der Waals surface area contributed by atoms with Crippen LogP contribution in [0.4, 0.5) is 26.9 Å². The Morgan fingerprint density at radius 3 is 2.27 bits per heavy atom. The number of carbonyl (C=O) groups excluding carboxylic acids is 1. The van der Waals surface area contributed by atoms with Gasteiger partial charge in [-0.3, -0.25) is 10.6 Å². The molecule has 2 heterocycles. The number of ether oxygens (including phenoxy) is 1. The molecule has 10 heteroatoms. The molecule has 10 nitrogen and oxygen atoms in total. The molecular weight excluding hydrogens is 568 g/mol. The van der Waals surface area contributed by atoms with Gasteiger partial charge < -0.3 is 15.2 Å². The zero-order valence-electron chi connectivity index (χ0n) is 26.3. The molecule has 3 amide bonds. The summed E-state index contributed by atoms with van der Waals surface area (Å²) in [6.07, 6.45) is 0.398. The molecule has 232 valence electrons. The Balaban J connectivity index is 1.36. The van der Waals surface area contributed by atoms with Crippen molar-refractivity contribution >= 4 is 40.2 Å². The van der Waals surface area contributed by atoms with Gasteiger partial charge in [0.15, 0.2) is 0 Å². The molecule has 0 bridgehead atoms. The average molecular weight is 607 g/mol. The van der Waals surface area contributed by atoms with Gasteiger partial charge in [0.05, 0.1) is 23.7 Å². The van der Waals surface area contributed by atoms with Crippen molar-refractivity contribution in [2.45, 2.75) is 52.4 Å². The van der Waals surface area contributed by atoms with Crippen molar-refractivity contribution < 1.29 is 19.4 Å². The third-order valence-electron chi connectivity index (χ3n) is 7.50. The number of aryl methyl sites for hydroxylation is 1. The monoisotopic (exact) mass is 606 g/mol. The molecule has 0 saturated carbocycles. The van der Waals surface area contributed by atoms with Crippen molar-refractivity contribution in [3.8, 4) is 11.4 Å². The van der Waals surface area contributed by atoms with E-state index in [0.29, 0.717) is 23.9 Å². The largest absolute Gasteiger partial charge is 0.492 e. The fraction of sp³-hybridized carbons (Fsp3) is 0.257. The number of anilines is 3. The van der Waals surface area contributed by atoms with E-state index in [0.717, 1.165) is 33.3 Å². The minimum absolute atomic E-state index is 0.210. The van der Waals surface area contributed by atoms with Crippen molar-refractivity contribution in [1.82, 2.24) is 14.8 Å². The van der Waals surface area contributed by atoms with E-state index in [1.54, 1.807) is 16.9 Å². The summed E-state index contributed by atoms with van der Waals surface area (Å²) in [5, 5.41) is 23.8. The van der Waals surface area contributed by atoms with Crippen LogP contribution in [0.15, 0.2) is 85.1 Å². The summed E-state index contributed by atoms with van der Waals surface area (Å²) in [5.41, 5.74) is 3.68. The Hall–Kier alpha value is -5.38. The number of urea groups is 1. The highest BCUT2D eigenvalue weighted by atomic mass is 16.5. The Kier molecular flexibility index (Phi) is 8.50. The van der Waals surface area contributed by atoms with Crippen LogP contribution in [0.3, 0.4) is 0 Å². The van der Waals surface area contributed by atoms with Crippen molar-refractivity contribution in [2.24, 2.45) is 0 Å². The number of hydrogen-bond donors (Lipinski definition) is 4. The third kappa shape index (κ3) is 7.23. The van der Waals surface area contributed by atoms with Crippen LogP contribution in [0.5, 0.6) is 5.75 Å². The molecule has 45 heavy (non-hydrogen) atoms. The van der Waals surface area contributed by atoms with Gasteiger partial charge in [-0.25, -0.2) is 19.3 Å². The summed E-state index contributed by atoms with van der Waals surface area (Å²) < 4.78 is 8.08. The second kappa shape index (κ2) is 12.3. The SMILES string of the molecule is Cc1ccc(-n2nc(C(C)(C)C)cc2NC(=O)Nc2ccc(OCC(C)(C)c3ccnc(NC(=O)O)c3)c3ccccc23)cc1. The molecule has 0 aliphatic carbocycles. The standard InChI is InChI=1S/C35H38N6O4/c1-22-11-13-24(14-12-22)41-31(20-29(40-41)34(2,3)4)39-32(42)37-27-15-16-28(26-10-8-7-9-25(26)27)45-21-35(5,6)23-17-18-36-30(19-23)38-33(43)44/h7-20H,21H2,1-6H3,(H,36,38)(H,43,44)(H2,37,39,42). The molecule has 4 N–H and O–H groups in total. The van der Waals surface area contributed by atoms with E-state index in [2.05, 4.69) is 41.7 Å². The first kappa shape index (κ1) is 31.1. The number of nitrogens with zero attached hydrogens (tertiary/aromatic N) is 3. The highest BCUT2D eigenvalue weighted by Gasteiger charge is 2.24. The summed E-state index contributed by atoms with van der Waals surface area (Å²) in [6, 6.07) is 24.4. The van der Waals surface area contributed by atoms with Crippen LogP contribution < -0.4 is 20.7 Å². The van der Waals surface area contributed by atoms with E-state index in [1.165, 1.54) is 0 Å². The fourth-order valence-corrected chi connectivity index (χ4v) is 4.87. The topological polar surface area (TPSA) is 130 Å². The van der Waals surface area contributed by atoms with Gasteiger partial charge in [-0.15, -0.1) is 0 Å². The maximum Gasteiger partial charge on any atom is 0.410 e. The summed E-state index contributed by atoms with van der Waals surface area (Å²) in [7, 11) is 0. The van der Waals surface area contributed by atoms with E-state index in [9.17, 15) is 9.59 Å². The zero-order valence-corrected chi connectivity index (χ0v) is 26.3. The Bertz CT molecular complexity index is 1850. The van der Waals surface area contributed by atoms with Crippen LogP contribution in [0, 0.1) is 6.92 Å². The van der Waals surface area contributed by atoms with Gasteiger partial charge in [-0.05, 0) is 48.9 Å². The van der Waals surface area contributed by atoms with Crippen LogP contribution in [-0.4, -0.2) is 38.6 Å². The summed E-state index contributed by atoms with van der Waals surface area (Å²) in [6.45, 7) is 12.6. The molecular formula is C35H38N6O4. The van der Waals surface area contributed by atoms with E-state index in [-0.39, 0.29) is 11.2 Å². The van der Waals surface area contributed by atoms with Crippen molar-refractivity contribution in [2.75, 3.05) is 22.6 Å². The van der Waals surface area contributed by atoms with Gasteiger partial charge in [-0.2, -0.15) is 5.10 Å². The highest BCUT2D eigenvalue weighted by Crippen LogP contribution is 2.34. The number of hydrogen-bond acceptors (Lipinski definition) is 5. The maximum atomic E-state index is 13.4. The third-order valence-corrected chi connectivity index (χ3v) is 7.50. The number of amides is 3. The van der Waals surface area contributed by atoms with Crippen LogP contribution in [0.2, 0.25) is 0 Å². The van der Waals surface area contributed by atoms with Gasteiger partial charge in [0.1, 0.15) is 17.4 Å². The minimum atomic E-state index is -1.17. The number of aromatic nitrogens is 3. The van der Waals surface area contributed by atoms with Gasteiger partial charge >= 0.3 is 12.1 Å². The first-order chi connectivity index (χ1) is 21.3. The van der Waals surface area contributed by atoms with E-state index in [4.69, 9.17) is 14.9 Å². The van der Waals surface area contributed by atoms with Gasteiger partial charge in [-0.1, -0.05) is 76.6 Å². The molecule has 0 aliphatic rings. The van der Waals surface area contributed by atoms with Crippen molar-refractivity contribution in [3.63, 3.8) is 0 Å². The number of fused-ring (bicyclic) bond motifs is 1. The zero-order chi connectivity index (χ0) is 32.4. The van der Waals surface area contributed by atoms with Gasteiger partial charge in [0, 0.05) is 33.9 Å². The lowest BCUT2D eigenvalue weighted by atomic mass is 9.86. The fourth-order valence-electron chi connectivity index (χ4n) is 4.87. The number of benzene rings is 3. The Labute approximate surface area is 262 Å². The molecule has 0 spiro atoms. The molecule has 0 fully saturated rings. The summed E-state index contributed by atoms with van der Waals surface area (Å²) in [5.74, 6) is 1.48. The van der Waals surface area contributed by atoms with Gasteiger partial charge in [0.2, 0.25) is 0 Å². The number of pyridine rings is 1. The van der Waals surface area contributed by atoms with Crippen LogP contribution in [-0.2, 0) is 10.8 Å². The predicted molar refractivity (Wildman–Crippen MR) is 178 cm³/mol. The van der Waals surface area contributed by atoms with Crippen LogP contribution >= 0.6 is 0 Å². The lowest BCUT2D eigenvalue weighted by Gasteiger charge is -2.26. The number of carbonyl (C=O) groups is 2. The number of carboxylic acid groups (broad SMARTS) is 1. The average Bonchev–Trinajstić information content (AvgIpc) is 3.41. The summed E-state index contributed by atoms with van der Waals surface area (Å²) >= 11 is 0. The molecule has 3 aromatic carbocycles. The molecule has 2 aromatic heterocycles. The highest BCUT2D eigenvalue weighted by molar-refractivity contribution is 6.07. The smallest absolute Gasteiger partial charge is 0.410 e. The maximum absolute atomic E-state index is 13.4. The lowest BCUT2D eigenvalue weighted by molar-refractivity contribution is 0.209. The van der Waals surface area contributed by atoms with Crippen molar-refractivity contribution in [3.05, 3.63) is 102 Å². The minimum Gasteiger partial charge on any atom is -0.492 e. The molecule has 5 aromatic rings. The normalized spacial score (nSPS) is 11.7. The molecule has 0 unspecified atom stereocenters. The molecule has 0 aliphatic heterocycles. The molecule has 0 atom stereocenters. The summed E-state index contributed by atoms with van der Waals surface area (Å²) in [4.78, 5) is 28.5. The number of nitrogens with one attached hydrogen (secondary N) is 3. The van der Waals surface area contributed by atoms with Crippen LogP contribution in [0.25, 0.3) is 16.5 Å². The first-order valence-corrected chi connectivity index (χ1v) is 14.7. The number of rotatable bonds is 8. The predicted octanol–water partition coefficient (Wildman–Crippen LogP) is 8.12. The Morgan fingerprint density at radius 1 is 0.867 bits per heavy atom. The van der Waals surface area contributed by atoms with E-state index in [1.807, 2.05) is 93.6 Å². The second-order valence-electron chi connectivity index (χ2n) is 12.7. The first-order valence-electron chi connectivity index (χ1n) is 14.7. The molecule has 5 rings (SSSR count). The lowest BCUT2D eigenvalue weighted by Crippen LogP contribution is -2.26. The van der Waals surface area contributed by atoms with E-state index < -0.39 is 17.5 Å². The van der Waals surface area contributed by atoms with Gasteiger partial charge in [0.25, 0.3) is 0 Å². The van der Waals surface area contributed by atoms with Crippen molar-refractivity contribution in [1.29, 1.82) is 0 Å². The second-order valence-corrected chi connectivity index (χ2v) is 12.7. The Morgan fingerprint density at radius 2 is 1.58 bits per heavy atom. The van der Waals surface area contributed by atoms with E-state index >= 15 is 0 Å². The molecule has 0 saturated heterocycles. The molecule has 0 radical (unpaired) electrons. The quantitative estimate of drug-likeness (QED) is 0.141.